The highest BCUT2D eigenvalue weighted by molar-refractivity contribution is 5.49. The minimum Gasteiger partial charge on any atom is -0.369 e. The number of rotatable bonds is 4. The van der Waals surface area contributed by atoms with Crippen molar-refractivity contribution in [3.8, 4) is 0 Å². The van der Waals surface area contributed by atoms with Crippen LogP contribution in [0.3, 0.4) is 0 Å². The highest BCUT2D eigenvalue weighted by atomic mass is 15.2. The Bertz CT molecular complexity index is 342. The molecule has 0 aliphatic carbocycles. The SMILES string of the molecule is CCC1CCCN1c1ccc(CC(C)N)cc1. The molecule has 2 atom stereocenters. The van der Waals surface area contributed by atoms with Crippen molar-refractivity contribution in [2.45, 2.75) is 51.6 Å². The molecule has 2 rings (SSSR count). The van der Waals surface area contributed by atoms with E-state index in [2.05, 4.69) is 43.0 Å². The molecule has 94 valence electrons. The first-order chi connectivity index (χ1) is 8.20. The molecular formula is C15H24N2. The van der Waals surface area contributed by atoms with Crippen molar-refractivity contribution in [1.29, 1.82) is 0 Å². The summed E-state index contributed by atoms with van der Waals surface area (Å²) < 4.78 is 0. The molecule has 17 heavy (non-hydrogen) atoms. The maximum atomic E-state index is 5.82. The molecule has 2 unspecified atom stereocenters. The molecule has 2 N–H and O–H groups in total. The third-order valence-electron chi connectivity index (χ3n) is 3.67. The average molecular weight is 232 g/mol. The zero-order chi connectivity index (χ0) is 12.3. The molecule has 0 spiro atoms. The van der Waals surface area contributed by atoms with Crippen molar-refractivity contribution >= 4 is 5.69 Å². The van der Waals surface area contributed by atoms with Gasteiger partial charge in [0.2, 0.25) is 0 Å². The van der Waals surface area contributed by atoms with Crippen molar-refractivity contribution in [2.24, 2.45) is 5.73 Å². The number of nitrogens with zero attached hydrogens (tertiary/aromatic N) is 1. The summed E-state index contributed by atoms with van der Waals surface area (Å²) in [5, 5.41) is 0. The zero-order valence-corrected chi connectivity index (χ0v) is 11.0. The van der Waals surface area contributed by atoms with E-state index >= 15 is 0 Å². The van der Waals surface area contributed by atoms with Crippen LogP contribution in [0.25, 0.3) is 0 Å². The third-order valence-corrected chi connectivity index (χ3v) is 3.67. The van der Waals surface area contributed by atoms with Crippen molar-refractivity contribution in [3.05, 3.63) is 29.8 Å². The molecule has 1 aliphatic rings. The minimum atomic E-state index is 0.246. The van der Waals surface area contributed by atoms with Crippen LogP contribution < -0.4 is 10.6 Å². The Morgan fingerprint density at radius 2 is 2.06 bits per heavy atom. The van der Waals surface area contributed by atoms with E-state index in [1.54, 1.807) is 0 Å². The van der Waals surface area contributed by atoms with Crippen molar-refractivity contribution in [1.82, 2.24) is 0 Å². The fraction of sp³-hybridized carbons (Fsp3) is 0.600. The highest BCUT2D eigenvalue weighted by Gasteiger charge is 2.22. The van der Waals surface area contributed by atoms with Crippen LogP contribution in [-0.4, -0.2) is 18.6 Å². The Balaban J connectivity index is 2.07. The molecule has 0 bridgehead atoms. The van der Waals surface area contributed by atoms with Gasteiger partial charge in [-0.25, -0.2) is 0 Å². The van der Waals surface area contributed by atoms with Gasteiger partial charge in [0, 0.05) is 24.3 Å². The quantitative estimate of drug-likeness (QED) is 0.865. The number of anilines is 1. The molecule has 1 heterocycles. The van der Waals surface area contributed by atoms with Gasteiger partial charge in [-0.2, -0.15) is 0 Å². The van der Waals surface area contributed by atoms with Crippen LogP contribution in [0.2, 0.25) is 0 Å². The van der Waals surface area contributed by atoms with Crippen molar-refractivity contribution in [3.63, 3.8) is 0 Å². The van der Waals surface area contributed by atoms with Gasteiger partial charge >= 0.3 is 0 Å². The van der Waals surface area contributed by atoms with E-state index in [1.165, 1.54) is 37.1 Å². The lowest BCUT2D eigenvalue weighted by Gasteiger charge is -2.26. The normalized spacial score (nSPS) is 21.8. The Morgan fingerprint density at radius 3 is 2.65 bits per heavy atom. The van der Waals surface area contributed by atoms with E-state index in [0.717, 1.165) is 12.5 Å². The van der Waals surface area contributed by atoms with Gasteiger partial charge in [0.15, 0.2) is 0 Å². The van der Waals surface area contributed by atoms with Gasteiger partial charge in [-0.3, -0.25) is 0 Å². The monoisotopic (exact) mass is 232 g/mol. The van der Waals surface area contributed by atoms with Crippen molar-refractivity contribution in [2.75, 3.05) is 11.4 Å². The molecule has 0 aromatic heterocycles. The van der Waals surface area contributed by atoms with Crippen LogP contribution in [0.5, 0.6) is 0 Å². The topological polar surface area (TPSA) is 29.3 Å². The summed E-state index contributed by atoms with van der Waals surface area (Å²) in [7, 11) is 0. The van der Waals surface area contributed by atoms with Gasteiger partial charge in [-0.1, -0.05) is 19.1 Å². The summed E-state index contributed by atoms with van der Waals surface area (Å²) >= 11 is 0. The standard InChI is InChI=1S/C15H24N2/c1-3-14-5-4-10-17(14)15-8-6-13(7-9-15)11-12(2)16/h6-9,12,14H,3-5,10-11,16H2,1-2H3. The second-order valence-corrected chi connectivity index (χ2v) is 5.25. The lowest BCUT2D eigenvalue weighted by molar-refractivity contribution is 0.645. The minimum absolute atomic E-state index is 0.246. The summed E-state index contributed by atoms with van der Waals surface area (Å²) in [6, 6.07) is 9.95. The second-order valence-electron chi connectivity index (χ2n) is 5.25. The predicted molar refractivity (Wildman–Crippen MR) is 74.5 cm³/mol. The molecule has 2 nitrogen and oxygen atoms in total. The van der Waals surface area contributed by atoms with Gasteiger partial charge in [-0.05, 0) is 50.3 Å². The zero-order valence-electron chi connectivity index (χ0n) is 11.0. The number of hydrogen-bond donors (Lipinski definition) is 1. The first-order valence-electron chi connectivity index (χ1n) is 6.82. The van der Waals surface area contributed by atoms with Gasteiger partial charge < -0.3 is 10.6 Å². The van der Waals surface area contributed by atoms with E-state index < -0.39 is 0 Å². The molecule has 1 saturated heterocycles. The fourth-order valence-corrected chi connectivity index (χ4v) is 2.80. The second kappa shape index (κ2) is 5.54. The highest BCUT2D eigenvalue weighted by Crippen LogP contribution is 2.27. The number of benzene rings is 1. The van der Waals surface area contributed by atoms with Gasteiger partial charge in [0.1, 0.15) is 0 Å². The molecule has 1 aromatic carbocycles. The van der Waals surface area contributed by atoms with E-state index in [9.17, 15) is 0 Å². The molecule has 0 amide bonds. The molecular weight excluding hydrogens is 208 g/mol. The maximum absolute atomic E-state index is 5.82. The summed E-state index contributed by atoms with van der Waals surface area (Å²) in [4.78, 5) is 2.55. The van der Waals surface area contributed by atoms with E-state index in [1.807, 2.05) is 0 Å². The molecule has 1 aliphatic heterocycles. The van der Waals surface area contributed by atoms with Crippen LogP contribution in [0.4, 0.5) is 5.69 Å². The number of nitrogens with two attached hydrogens (primary N) is 1. The first-order valence-corrected chi connectivity index (χ1v) is 6.82. The van der Waals surface area contributed by atoms with E-state index in [-0.39, 0.29) is 6.04 Å². The largest absolute Gasteiger partial charge is 0.369 e. The summed E-state index contributed by atoms with van der Waals surface area (Å²) in [5.41, 5.74) is 8.54. The van der Waals surface area contributed by atoms with Gasteiger partial charge in [0.25, 0.3) is 0 Å². The Hall–Kier alpha value is -1.02. The lowest BCUT2D eigenvalue weighted by Crippen LogP contribution is -2.28. The molecule has 0 radical (unpaired) electrons. The van der Waals surface area contributed by atoms with Gasteiger partial charge in [-0.15, -0.1) is 0 Å². The van der Waals surface area contributed by atoms with Crippen LogP contribution in [0, 0.1) is 0 Å². The lowest BCUT2D eigenvalue weighted by atomic mass is 10.1. The smallest absolute Gasteiger partial charge is 0.0368 e. The Morgan fingerprint density at radius 1 is 1.35 bits per heavy atom. The average Bonchev–Trinajstić information content (AvgIpc) is 2.77. The fourth-order valence-electron chi connectivity index (χ4n) is 2.80. The van der Waals surface area contributed by atoms with Gasteiger partial charge in [0.05, 0.1) is 0 Å². The van der Waals surface area contributed by atoms with E-state index in [4.69, 9.17) is 5.73 Å². The predicted octanol–water partition coefficient (Wildman–Crippen LogP) is 2.96. The summed E-state index contributed by atoms with van der Waals surface area (Å²) in [6.45, 7) is 5.56. The molecule has 0 saturated carbocycles. The van der Waals surface area contributed by atoms with Crippen LogP contribution >= 0.6 is 0 Å². The van der Waals surface area contributed by atoms with E-state index in [0.29, 0.717) is 0 Å². The Kier molecular flexibility index (Phi) is 4.06. The first kappa shape index (κ1) is 12.4. The summed E-state index contributed by atoms with van der Waals surface area (Å²) in [6.07, 6.45) is 4.90. The van der Waals surface area contributed by atoms with Crippen LogP contribution in [0.1, 0.15) is 38.7 Å². The maximum Gasteiger partial charge on any atom is 0.0368 e. The molecule has 2 heteroatoms. The third kappa shape index (κ3) is 3.01. The van der Waals surface area contributed by atoms with Crippen LogP contribution in [-0.2, 0) is 6.42 Å². The van der Waals surface area contributed by atoms with Crippen molar-refractivity contribution < 1.29 is 0 Å². The molecule has 1 aromatic rings. The molecule has 1 fully saturated rings. The van der Waals surface area contributed by atoms with Crippen LogP contribution in [0.15, 0.2) is 24.3 Å². The number of hydrogen-bond acceptors (Lipinski definition) is 2. The summed E-state index contributed by atoms with van der Waals surface area (Å²) in [5.74, 6) is 0. The Labute approximate surface area is 105 Å².